The van der Waals surface area contributed by atoms with E-state index in [9.17, 15) is 13.2 Å². The Hall–Kier alpha value is -2.38. The van der Waals surface area contributed by atoms with E-state index in [0.717, 1.165) is 0 Å². The molecule has 1 aliphatic heterocycles. The number of fused-ring (bicyclic) bond motifs is 1. The average Bonchev–Trinajstić information content (AvgIpc) is 2.53. The predicted octanol–water partition coefficient (Wildman–Crippen LogP) is 1.88. The van der Waals surface area contributed by atoms with Crippen LogP contribution in [-0.4, -0.2) is 21.5 Å². The number of anilines is 1. The summed E-state index contributed by atoms with van der Waals surface area (Å²) in [7, 11) is -2.27. The molecular formula is C15H14N2O4S. The Kier molecular flexibility index (Phi) is 3.59. The summed E-state index contributed by atoms with van der Waals surface area (Å²) in [5.74, 6) is -0.436. The molecule has 0 radical (unpaired) electrons. The summed E-state index contributed by atoms with van der Waals surface area (Å²) in [6, 6.07) is 13.2. The molecule has 0 aliphatic carbocycles. The molecule has 1 atom stereocenters. The predicted molar refractivity (Wildman–Crippen MR) is 80.9 cm³/mol. The van der Waals surface area contributed by atoms with E-state index in [4.69, 9.17) is 0 Å². The Morgan fingerprint density at radius 3 is 2.45 bits per heavy atom. The van der Waals surface area contributed by atoms with Crippen LogP contribution in [0.5, 0.6) is 0 Å². The lowest BCUT2D eigenvalue weighted by molar-refractivity contribution is 0.0600. The quantitative estimate of drug-likeness (QED) is 0.826. The van der Waals surface area contributed by atoms with Crippen LogP contribution in [0.15, 0.2) is 53.4 Å². The molecule has 0 aromatic heterocycles. The second kappa shape index (κ2) is 5.43. The van der Waals surface area contributed by atoms with E-state index in [2.05, 4.69) is 14.8 Å². The van der Waals surface area contributed by atoms with Crippen LogP contribution < -0.4 is 10.0 Å². The fourth-order valence-electron chi connectivity index (χ4n) is 2.30. The van der Waals surface area contributed by atoms with Crippen molar-refractivity contribution in [3.05, 3.63) is 59.7 Å². The molecule has 22 heavy (non-hydrogen) atoms. The highest BCUT2D eigenvalue weighted by Crippen LogP contribution is 2.30. The SMILES string of the molecule is COC(=O)c1ccc([C@H]2Nc3ccccc3S(=O)(=O)N2)cc1. The molecule has 1 aliphatic rings. The van der Waals surface area contributed by atoms with Gasteiger partial charge >= 0.3 is 5.97 Å². The topological polar surface area (TPSA) is 84.5 Å². The van der Waals surface area contributed by atoms with Crippen LogP contribution in [0.4, 0.5) is 5.69 Å². The number of methoxy groups -OCH3 is 1. The molecule has 0 bridgehead atoms. The van der Waals surface area contributed by atoms with Crippen molar-refractivity contribution in [3.63, 3.8) is 0 Å². The van der Waals surface area contributed by atoms with E-state index >= 15 is 0 Å². The normalized spacial score (nSPS) is 18.9. The molecule has 2 aromatic carbocycles. The molecule has 6 nitrogen and oxygen atoms in total. The summed E-state index contributed by atoms with van der Waals surface area (Å²) in [6.45, 7) is 0. The third-order valence-corrected chi connectivity index (χ3v) is 4.90. The van der Waals surface area contributed by atoms with Crippen LogP contribution in [-0.2, 0) is 14.8 Å². The highest BCUT2D eigenvalue weighted by Gasteiger charge is 2.29. The van der Waals surface area contributed by atoms with Gasteiger partial charge < -0.3 is 10.1 Å². The van der Waals surface area contributed by atoms with Crippen molar-refractivity contribution < 1.29 is 17.9 Å². The van der Waals surface area contributed by atoms with E-state index in [1.165, 1.54) is 7.11 Å². The first-order valence-corrected chi connectivity index (χ1v) is 8.06. The number of hydrogen-bond donors (Lipinski definition) is 2. The van der Waals surface area contributed by atoms with Crippen molar-refractivity contribution in [2.24, 2.45) is 0 Å². The second-order valence-corrected chi connectivity index (χ2v) is 6.49. The molecule has 0 amide bonds. The monoisotopic (exact) mass is 318 g/mol. The molecule has 0 saturated carbocycles. The zero-order valence-corrected chi connectivity index (χ0v) is 12.6. The number of para-hydroxylation sites is 1. The smallest absolute Gasteiger partial charge is 0.337 e. The molecule has 0 saturated heterocycles. The Morgan fingerprint density at radius 2 is 1.77 bits per heavy atom. The Labute approximate surface area is 128 Å². The van der Waals surface area contributed by atoms with E-state index in [-0.39, 0.29) is 4.90 Å². The summed E-state index contributed by atoms with van der Waals surface area (Å²) in [4.78, 5) is 11.6. The summed E-state index contributed by atoms with van der Waals surface area (Å²) in [5, 5.41) is 3.13. The number of benzene rings is 2. The minimum absolute atomic E-state index is 0.220. The highest BCUT2D eigenvalue weighted by atomic mass is 32.2. The minimum Gasteiger partial charge on any atom is -0.465 e. The maximum Gasteiger partial charge on any atom is 0.337 e. The van der Waals surface area contributed by atoms with Crippen molar-refractivity contribution in [1.29, 1.82) is 0 Å². The van der Waals surface area contributed by atoms with Crippen molar-refractivity contribution >= 4 is 21.7 Å². The van der Waals surface area contributed by atoms with Crippen LogP contribution in [0.2, 0.25) is 0 Å². The van der Waals surface area contributed by atoms with Gasteiger partial charge in [0.25, 0.3) is 0 Å². The van der Waals surface area contributed by atoms with Gasteiger partial charge in [-0.2, -0.15) is 4.72 Å². The number of esters is 1. The number of rotatable bonds is 2. The van der Waals surface area contributed by atoms with E-state index in [0.29, 0.717) is 16.8 Å². The first-order valence-electron chi connectivity index (χ1n) is 6.57. The number of sulfonamides is 1. The van der Waals surface area contributed by atoms with Crippen LogP contribution in [0.1, 0.15) is 22.1 Å². The zero-order chi connectivity index (χ0) is 15.7. The zero-order valence-electron chi connectivity index (χ0n) is 11.7. The van der Waals surface area contributed by atoms with E-state index in [1.807, 2.05) is 0 Å². The number of hydrogen-bond acceptors (Lipinski definition) is 5. The molecule has 1 heterocycles. The minimum atomic E-state index is -3.57. The molecule has 0 spiro atoms. The van der Waals surface area contributed by atoms with E-state index < -0.39 is 22.2 Å². The second-order valence-electron chi connectivity index (χ2n) is 4.81. The van der Waals surface area contributed by atoms with Gasteiger partial charge in [0.15, 0.2) is 0 Å². The maximum atomic E-state index is 12.3. The van der Waals surface area contributed by atoms with Gasteiger partial charge in [0.1, 0.15) is 11.1 Å². The van der Waals surface area contributed by atoms with Gasteiger partial charge in [-0.25, -0.2) is 13.2 Å². The molecule has 2 N–H and O–H groups in total. The third-order valence-electron chi connectivity index (χ3n) is 3.41. The van der Waals surface area contributed by atoms with Crippen molar-refractivity contribution in [1.82, 2.24) is 4.72 Å². The lowest BCUT2D eigenvalue weighted by Gasteiger charge is -2.28. The van der Waals surface area contributed by atoms with Crippen molar-refractivity contribution in [3.8, 4) is 0 Å². The Bertz CT molecular complexity index is 816. The number of nitrogens with one attached hydrogen (secondary N) is 2. The fourth-order valence-corrected chi connectivity index (χ4v) is 3.61. The molecular weight excluding hydrogens is 304 g/mol. The molecule has 2 aromatic rings. The van der Waals surface area contributed by atoms with Crippen molar-refractivity contribution in [2.75, 3.05) is 12.4 Å². The lowest BCUT2D eigenvalue weighted by atomic mass is 10.1. The largest absolute Gasteiger partial charge is 0.465 e. The third kappa shape index (κ3) is 2.56. The van der Waals surface area contributed by atoms with Gasteiger partial charge in [0, 0.05) is 0 Å². The molecule has 7 heteroatoms. The number of carbonyl (C=O) groups excluding carboxylic acids is 1. The molecule has 0 unspecified atom stereocenters. The summed E-state index contributed by atoms with van der Waals surface area (Å²) in [5.41, 5.74) is 1.65. The van der Waals surface area contributed by atoms with Gasteiger partial charge in [-0.1, -0.05) is 24.3 Å². The van der Waals surface area contributed by atoms with Gasteiger partial charge in [-0.15, -0.1) is 0 Å². The standard InChI is InChI=1S/C15H14N2O4S/c1-21-15(18)11-8-6-10(7-9-11)14-16-12-4-2-3-5-13(12)22(19,20)17-14/h2-9,14,16-17H,1H3/t14-/m0/s1. The molecule has 114 valence electrons. The molecule has 0 fully saturated rings. The van der Waals surface area contributed by atoms with Gasteiger partial charge in [-0.3, -0.25) is 0 Å². The van der Waals surface area contributed by atoms with Gasteiger partial charge in [0.2, 0.25) is 10.0 Å². The molecule has 3 rings (SSSR count). The van der Waals surface area contributed by atoms with E-state index in [1.54, 1.807) is 48.5 Å². The highest BCUT2D eigenvalue weighted by molar-refractivity contribution is 7.89. The Balaban J connectivity index is 1.93. The maximum absolute atomic E-state index is 12.3. The van der Waals surface area contributed by atoms with Crippen LogP contribution in [0, 0.1) is 0 Å². The number of ether oxygens (including phenoxy) is 1. The average molecular weight is 318 g/mol. The number of carbonyl (C=O) groups is 1. The summed E-state index contributed by atoms with van der Waals surface area (Å²) >= 11 is 0. The van der Waals surface area contributed by atoms with Crippen LogP contribution in [0.3, 0.4) is 0 Å². The van der Waals surface area contributed by atoms with Crippen LogP contribution >= 0.6 is 0 Å². The lowest BCUT2D eigenvalue weighted by Crippen LogP contribution is -2.38. The van der Waals surface area contributed by atoms with Gasteiger partial charge in [-0.05, 0) is 29.8 Å². The summed E-state index contributed by atoms with van der Waals surface area (Å²) in [6.07, 6.45) is -0.591. The first-order chi connectivity index (χ1) is 10.5. The Morgan fingerprint density at radius 1 is 1.09 bits per heavy atom. The summed E-state index contributed by atoms with van der Waals surface area (Å²) < 4.78 is 31.7. The first kappa shape index (κ1) is 14.6. The van der Waals surface area contributed by atoms with Crippen molar-refractivity contribution in [2.45, 2.75) is 11.1 Å². The van der Waals surface area contributed by atoms with Gasteiger partial charge in [0.05, 0.1) is 18.4 Å². The van der Waals surface area contributed by atoms with Crippen LogP contribution in [0.25, 0.3) is 0 Å². The fraction of sp³-hybridized carbons (Fsp3) is 0.133.